The van der Waals surface area contributed by atoms with Crippen molar-refractivity contribution in [1.82, 2.24) is 0 Å². The van der Waals surface area contributed by atoms with Gasteiger partial charge in [0.1, 0.15) is 12.9 Å². The van der Waals surface area contributed by atoms with Gasteiger partial charge in [-0.05, 0) is 68.8 Å². The van der Waals surface area contributed by atoms with Gasteiger partial charge in [0, 0.05) is 35.7 Å². The van der Waals surface area contributed by atoms with Gasteiger partial charge in [-0.2, -0.15) is 0 Å². The molecule has 1 saturated heterocycles. The number of carbonyl (C=O) groups is 3. The topological polar surface area (TPSA) is 169 Å². The monoisotopic (exact) mass is 578 g/mol. The van der Waals surface area contributed by atoms with Crippen molar-refractivity contribution in [3.05, 3.63) is 11.6 Å². The number of methoxy groups -OCH3 is 1. The predicted octanol–water partition coefficient (Wildman–Crippen LogP) is 0.788. The van der Waals surface area contributed by atoms with Gasteiger partial charge in [0.15, 0.2) is 6.29 Å². The summed E-state index contributed by atoms with van der Waals surface area (Å²) in [6.07, 6.45) is 1.01. The van der Waals surface area contributed by atoms with Crippen molar-refractivity contribution in [3.63, 3.8) is 0 Å². The quantitative estimate of drug-likeness (QED) is 0.269. The number of cyclic esters (lactones) is 1. The number of aliphatic hydroxyl groups is 4. The second-order valence-electron chi connectivity index (χ2n) is 13.8. The van der Waals surface area contributed by atoms with E-state index in [1.165, 1.54) is 13.2 Å². The molecule has 13 atom stereocenters. The van der Waals surface area contributed by atoms with Crippen LogP contribution in [-0.4, -0.2) is 94.3 Å². The number of rotatable bonds is 5. The summed E-state index contributed by atoms with van der Waals surface area (Å²) in [5, 5.41) is 46.0. The Hall–Kier alpha value is -1.89. The molecule has 5 fully saturated rings. The average Bonchev–Trinajstić information content (AvgIpc) is 3.54. The first kappa shape index (κ1) is 29.2. The number of hydrogen-bond donors (Lipinski definition) is 4. The summed E-state index contributed by atoms with van der Waals surface area (Å²) in [6, 6.07) is 0. The molecule has 0 aromatic carbocycles. The van der Waals surface area contributed by atoms with E-state index in [1.807, 2.05) is 6.92 Å². The van der Waals surface area contributed by atoms with E-state index >= 15 is 0 Å². The molecule has 4 saturated carbocycles. The molecule has 6 rings (SSSR count). The van der Waals surface area contributed by atoms with Gasteiger partial charge in [-0.1, -0.05) is 6.92 Å². The van der Waals surface area contributed by atoms with Crippen molar-refractivity contribution < 1.29 is 53.8 Å². The zero-order valence-corrected chi connectivity index (χ0v) is 23.9. The molecule has 0 aromatic rings. The molecule has 0 bridgehead atoms. The largest absolute Gasteiger partial charge is 0.467 e. The van der Waals surface area contributed by atoms with Crippen molar-refractivity contribution in [2.75, 3.05) is 13.7 Å². The zero-order chi connectivity index (χ0) is 29.5. The van der Waals surface area contributed by atoms with Crippen molar-refractivity contribution in [2.45, 2.75) is 107 Å². The van der Waals surface area contributed by atoms with E-state index in [4.69, 9.17) is 18.9 Å². The number of fused-ring (bicyclic) bond motifs is 5. The Bertz CT molecular complexity index is 1140. The summed E-state index contributed by atoms with van der Waals surface area (Å²) in [5.74, 6) is -2.33. The maximum Gasteiger partial charge on any atom is 0.343 e. The Morgan fingerprint density at radius 1 is 1.10 bits per heavy atom. The molecular weight excluding hydrogens is 536 g/mol. The number of ether oxygens (including phenoxy) is 4. The lowest BCUT2D eigenvalue weighted by atomic mass is 9.43. The van der Waals surface area contributed by atoms with Crippen molar-refractivity contribution in [1.29, 1.82) is 0 Å². The van der Waals surface area contributed by atoms with E-state index in [0.717, 1.165) is 6.29 Å². The van der Waals surface area contributed by atoms with E-state index in [-0.39, 0.29) is 43.6 Å². The molecule has 2 aliphatic heterocycles. The Morgan fingerprint density at radius 2 is 1.85 bits per heavy atom. The fraction of sp³-hybridized carbons (Fsp3) is 0.833. The van der Waals surface area contributed by atoms with Gasteiger partial charge in [-0.3, -0.25) is 0 Å². The molecule has 0 spiro atoms. The highest BCUT2D eigenvalue weighted by atomic mass is 16.7. The fourth-order valence-electron chi connectivity index (χ4n) is 10.1. The minimum Gasteiger partial charge on any atom is -0.467 e. The van der Waals surface area contributed by atoms with Crippen molar-refractivity contribution >= 4 is 18.2 Å². The van der Waals surface area contributed by atoms with E-state index in [2.05, 4.69) is 0 Å². The summed E-state index contributed by atoms with van der Waals surface area (Å²) in [6.45, 7) is 3.81. The van der Waals surface area contributed by atoms with E-state index < -0.39 is 70.6 Å². The number of carbonyl (C=O) groups excluding carboxylic acids is 3. The molecule has 0 radical (unpaired) electrons. The third kappa shape index (κ3) is 4.03. The summed E-state index contributed by atoms with van der Waals surface area (Å²) in [5.41, 5.74) is -4.13. The maximum absolute atomic E-state index is 13.0. The molecule has 13 unspecified atom stereocenters. The second kappa shape index (κ2) is 9.82. The van der Waals surface area contributed by atoms with Crippen LogP contribution in [0.15, 0.2) is 11.6 Å². The lowest BCUT2D eigenvalue weighted by Crippen LogP contribution is -2.65. The summed E-state index contributed by atoms with van der Waals surface area (Å²) >= 11 is 0. The van der Waals surface area contributed by atoms with Gasteiger partial charge in [-0.25, -0.2) is 9.59 Å². The Labute approximate surface area is 239 Å². The molecule has 6 aliphatic rings. The smallest absolute Gasteiger partial charge is 0.343 e. The lowest BCUT2D eigenvalue weighted by Gasteiger charge is -2.63. The molecule has 2 heterocycles. The highest BCUT2D eigenvalue weighted by molar-refractivity contribution is 5.85. The maximum atomic E-state index is 13.0. The molecule has 11 nitrogen and oxygen atoms in total. The van der Waals surface area contributed by atoms with Crippen LogP contribution in [0.25, 0.3) is 0 Å². The van der Waals surface area contributed by atoms with E-state index in [1.54, 1.807) is 6.92 Å². The highest BCUT2D eigenvalue weighted by Crippen LogP contribution is 2.69. The van der Waals surface area contributed by atoms with Crippen molar-refractivity contribution in [3.8, 4) is 0 Å². The van der Waals surface area contributed by atoms with Crippen LogP contribution in [0.3, 0.4) is 0 Å². The molecule has 4 N–H and O–H groups in total. The minimum atomic E-state index is -1.99. The van der Waals surface area contributed by atoms with Crippen LogP contribution in [-0.2, 0) is 33.3 Å². The number of esters is 2. The van der Waals surface area contributed by atoms with Crippen LogP contribution in [0.5, 0.6) is 0 Å². The van der Waals surface area contributed by atoms with Gasteiger partial charge in [0.25, 0.3) is 0 Å². The molecule has 11 heteroatoms. The van der Waals surface area contributed by atoms with Gasteiger partial charge >= 0.3 is 11.9 Å². The zero-order valence-electron chi connectivity index (χ0n) is 23.9. The first-order valence-corrected chi connectivity index (χ1v) is 14.9. The van der Waals surface area contributed by atoms with Gasteiger partial charge < -0.3 is 44.2 Å². The molecule has 4 aliphatic carbocycles. The molecule has 0 amide bonds. The third-order valence-electron chi connectivity index (χ3n) is 11.9. The molecule has 228 valence electrons. The molecule has 41 heavy (non-hydrogen) atoms. The Morgan fingerprint density at radius 3 is 2.51 bits per heavy atom. The van der Waals surface area contributed by atoms with Gasteiger partial charge in [0.2, 0.25) is 5.60 Å². The Kier molecular flexibility index (Phi) is 6.99. The van der Waals surface area contributed by atoms with Crippen molar-refractivity contribution in [2.24, 2.45) is 34.5 Å². The van der Waals surface area contributed by atoms with Crippen LogP contribution in [0.1, 0.15) is 65.2 Å². The minimum absolute atomic E-state index is 0.00000289. The van der Waals surface area contributed by atoms with E-state index in [9.17, 15) is 34.8 Å². The highest BCUT2D eigenvalue weighted by Gasteiger charge is 2.71. The third-order valence-corrected chi connectivity index (χ3v) is 11.9. The number of aliphatic hydroxyl groups excluding tert-OH is 2. The number of hydrogen-bond acceptors (Lipinski definition) is 11. The average molecular weight is 579 g/mol. The molecular formula is C30H42O11. The Balaban J connectivity index is 1.25. The SMILES string of the molecule is COC(=O)C1(O)CC(C)OC1OC1CC2CCC3C(CCC4(C)C(C5=CC(=O)OC5)C(O)CC34O)C2(C=O)CC1O. The van der Waals surface area contributed by atoms with Crippen LogP contribution in [0.2, 0.25) is 0 Å². The van der Waals surface area contributed by atoms with Crippen LogP contribution >= 0.6 is 0 Å². The fourth-order valence-corrected chi connectivity index (χ4v) is 10.1. The summed E-state index contributed by atoms with van der Waals surface area (Å²) in [4.78, 5) is 37.2. The van der Waals surface area contributed by atoms with Gasteiger partial charge in [0.05, 0.1) is 37.1 Å². The normalized spacial score (nSPS) is 52.6. The van der Waals surface area contributed by atoms with Crippen LogP contribution < -0.4 is 0 Å². The molecule has 0 aromatic heterocycles. The summed E-state index contributed by atoms with van der Waals surface area (Å²) < 4.78 is 21.7. The first-order valence-electron chi connectivity index (χ1n) is 14.9. The van der Waals surface area contributed by atoms with Crippen LogP contribution in [0, 0.1) is 34.5 Å². The second-order valence-corrected chi connectivity index (χ2v) is 13.8. The number of aldehydes is 1. The van der Waals surface area contributed by atoms with E-state index in [0.29, 0.717) is 37.7 Å². The van der Waals surface area contributed by atoms with Crippen LogP contribution in [0.4, 0.5) is 0 Å². The van der Waals surface area contributed by atoms with Gasteiger partial charge in [-0.15, -0.1) is 0 Å². The lowest BCUT2D eigenvalue weighted by molar-refractivity contribution is -0.262. The predicted molar refractivity (Wildman–Crippen MR) is 140 cm³/mol. The first-order chi connectivity index (χ1) is 19.3. The standard InChI is InChI=1S/C30H42O11/c1-15-10-29(36,25(35)38-3)26(40-15)41-22-9-17-4-5-19-18(28(17,14-31)11-20(22)32)6-7-27(2)24(16-8-23(34)39-13-16)21(33)12-30(19,27)37/h8,14-15,17-22,24,26,32-33,36-37H,4-7,9-13H2,1-3H3. The summed E-state index contributed by atoms with van der Waals surface area (Å²) in [7, 11) is 1.18.